The molecule has 6 heteroatoms. The van der Waals surface area contributed by atoms with Crippen molar-refractivity contribution in [3.63, 3.8) is 0 Å². The summed E-state index contributed by atoms with van der Waals surface area (Å²) in [5, 5.41) is -3.74. The van der Waals surface area contributed by atoms with E-state index < -0.39 is 22.9 Å². The minimum atomic E-state index is -3.74. The van der Waals surface area contributed by atoms with Crippen LogP contribution in [0.15, 0.2) is 30.3 Å². The van der Waals surface area contributed by atoms with E-state index in [0.717, 1.165) is 0 Å². The van der Waals surface area contributed by atoms with Crippen molar-refractivity contribution < 1.29 is 22.3 Å². The van der Waals surface area contributed by atoms with Crippen LogP contribution in [0.1, 0.15) is 0 Å². The summed E-state index contributed by atoms with van der Waals surface area (Å²) in [7, 11) is 0. The first-order valence-corrected chi connectivity index (χ1v) is 4.80. The van der Waals surface area contributed by atoms with Gasteiger partial charge in [-0.25, -0.2) is 4.21 Å². The Bertz CT molecular complexity index is 316. The summed E-state index contributed by atoms with van der Waals surface area (Å²) in [6, 6.07) is 7.90. The first-order chi connectivity index (χ1) is 6.52. The minimum Gasteiger partial charge on any atom is -0.486 e. The Hall–Kier alpha value is -1.01. The topological polar surface area (TPSA) is 46.5 Å². The molecule has 0 saturated carbocycles. The van der Waals surface area contributed by atoms with Crippen molar-refractivity contribution in [2.24, 2.45) is 0 Å². The van der Waals surface area contributed by atoms with Crippen molar-refractivity contribution in [1.82, 2.24) is 0 Å². The molecule has 1 N–H and O–H groups in total. The zero-order chi connectivity index (χ0) is 10.6. The molecule has 0 heterocycles. The lowest BCUT2D eigenvalue weighted by Gasteiger charge is -2.12. The van der Waals surface area contributed by atoms with Gasteiger partial charge in [0.1, 0.15) is 5.75 Å². The van der Waals surface area contributed by atoms with Crippen molar-refractivity contribution in [3.8, 4) is 5.75 Å². The van der Waals surface area contributed by atoms with Crippen LogP contribution in [0.4, 0.5) is 8.78 Å². The second-order valence-corrected chi connectivity index (χ2v) is 3.58. The van der Waals surface area contributed by atoms with Gasteiger partial charge in [0.15, 0.2) is 6.61 Å². The third-order valence-electron chi connectivity index (χ3n) is 1.41. The first kappa shape index (κ1) is 11.1. The van der Waals surface area contributed by atoms with Crippen molar-refractivity contribution in [1.29, 1.82) is 0 Å². The zero-order valence-electron chi connectivity index (χ0n) is 7.02. The third kappa shape index (κ3) is 3.04. The van der Waals surface area contributed by atoms with Crippen LogP contribution in [0.2, 0.25) is 0 Å². The number of alkyl halides is 2. The lowest BCUT2D eigenvalue weighted by Crippen LogP contribution is -2.30. The molecule has 0 aromatic heterocycles. The van der Waals surface area contributed by atoms with Crippen LogP contribution >= 0.6 is 0 Å². The van der Waals surface area contributed by atoms with Crippen molar-refractivity contribution in [2.75, 3.05) is 6.61 Å². The predicted octanol–water partition coefficient (Wildman–Crippen LogP) is 1.88. The molecule has 0 amide bonds. The van der Waals surface area contributed by atoms with Gasteiger partial charge in [-0.3, -0.25) is 0 Å². The van der Waals surface area contributed by atoms with Crippen LogP contribution in [0.3, 0.4) is 0 Å². The molecule has 1 rings (SSSR count). The number of para-hydroxylation sites is 1. The molecule has 0 radical (unpaired) electrons. The van der Waals surface area contributed by atoms with E-state index in [4.69, 9.17) is 4.55 Å². The van der Waals surface area contributed by atoms with E-state index in [9.17, 15) is 13.0 Å². The van der Waals surface area contributed by atoms with E-state index in [2.05, 4.69) is 4.74 Å². The fraction of sp³-hybridized carbons (Fsp3) is 0.250. The number of hydrogen-bond donors (Lipinski definition) is 1. The Balaban J connectivity index is 2.53. The molecule has 0 aliphatic rings. The fourth-order valence-electron chi connectivity index (χ4n) is 0.734. The first-order valence-electron chi connectivity index (χ1n) is 3.69. The molecule has 14 heavy (non-hydrogen) atoms. The van der Waals surface area contributed by atoms with Crippen LogP contribution in [0, 0.1) is 0 Å². The molecule has 0 aliphatic heterocycles. The quantitative estimate of drug-likeness (QED) is 0.791. The van der Waals surface area contributed by atoms with Crippen LogP contribution in [0.25, 0.3) is 0 Å². The molecule has 78 valence electrons. The summed E-state index contributed by atoms with van der Waals surface area (Å²) in [5.74, 6) is 0.234. The van der Waals surface area contributed by atoms with E-state index in [1.165, 1.54) is 12.1 Å². The monoisotopic (exact) mass is 222 g/mol. The van der Waals surface area contributed by atoms with Gasteiger partial charge >= 0.3 is 5.25 Å². The molecular formula is C8H8F2O3S. The molecule has 0 saturated heterocycles. The van der Waals surface area contributed by atoms with Gasteiger partial charge in [-0.2, -0.15) is 8.78 Å². The maximum absolute atomic E-state index is 12.6. The summed E-state index contributed by atoms with van der Waals surface area (Å²) in [6.45, 7) is -1.11. The minimum absolute atomic E-state index is 0.234. The van der Waals surface area contributed by atoms with E-state index in [0.29, 0.717) is 0 Å². The normalized spacial score (nSPS) is 13.6. The highest BCUT2D eigenvalue weighted by Crippen LogP contribution is 2.19. The van der Waals surface area contributed by atoms with Gasteiger partial charge in [-0.1, -0.05) is 18.2 Å². The Kier molecular flexibility index (Phi) is 3.54. The standard InChI is InChI=1S/C8H8F2O3S/c9-8(10,14(11)12)6-13-7-4-2-1-3-5-7/h1-5H,6H2,(H,11,12). The van der Waals surface area contributed by atoms with E-state index in [1.807, 2.05) is 0 Å². The Morgan fingerprint density at radius 2 is 1.93 bits per heavy atom. The number of hydrogen-bond acceptors (Lipinski definition) is 2. The van der Waals surface area contributed by atoms with Crippen molar-refractivity contribution >= 4 is 11.1 Å². The molecule has 1 unspecified atom stereocenters. The van der Waals surface area contributed by atoms with Gasteiger partial charge in [0.25, 0.3) is 0 Å². The Morgan fingerprint density at radius 3 is 2.43 bits per heavy atom. The van der Waals surface area contributed by atoms with E-state index in [1.54, 1.807) is 18.2 Å². The molecule has 0 spiro atoms. The highest BCUT2D eigenvalue weighted by Gasteiger charge is 2.37. The molecule has 1 aromatic carbocycles. The average Bonchev–Trinajstić information content (AvgIpc) is 2.16. The van der Waals surface area contributed by atoms with Gasteiger partial charge in [0, 0.05) is 0 Å². The molecule has 3 nitrogen and oxygen atoms in total. The largest absolute Gasteiger partial charge is 0.486 e. The fourth-order valence-corrected chi connectivity index (χ4v) is 0.894. The SMILES string of the molecule is O=S(O)C(F)(F)COc1ccccc1. The Labute approximate surface area is 82.0 Å². The lowest BCUT2D eigenvalue weighted by molar-refractivity contribution is 0.0356. The lowest BCUT2D eigenvalue weighted by atomic mass is 10.3. The van der Waals surface area contributed by atoms with Gasteiger partial charge in [-0.15, -0.1) is 0 Å². The van der Waals surface area contributed by atoms with Crippen LogP contribution in [0.5, 0.6) is 5.75 Å². The predicted molar refractivity (Wildman–Crippen MR) is 47.7 cm³/mol. The molecule has 1 aromatic rings. The molecule has 1 atom stereocenters. The third-order valence-corrected chi connectivity index (χ3v) is 2.03. The van der Waals surface area contributed by atoms with Crippen molar-refractivity contribution in [3.05, 3.63) is 30.3 Å². The van der Waals surface area contributed by atoms with Crippen LogP contribution in [-0.4, -0.2) is 20.6 Å². The van der Waals surface area contributed by atoms with Crippen LogP contribution < -0.4 is 4.74 Å². The number of halogens is 2. The summed E-state index contributed by atoms with van der Waals surface area (Å²) < 4.78 is 48.1. The van der Waals surface area contributed by atoms with Gasteiger partial charge in [-0.05, 0) is 12.1 Å². The second-order valence-electron chi connectivity index (χ2n) is 2.49. The zero-order valence-corrected chi connectivity index (χ0v) is 7.84. The highest BCUT2D eigenvalue weighted by molar-refractivity contribution is 7.80. The highest BCUT2D eigenvalue weighted by atomic mass is 32.2. The van der Waals surface area contributed by atoms with E-state index >= 15 is 0 Å². The number of benzene rings is 1. The Morgan fingerprint density at radius 1 is 1.36 bits per heavy atom. The summed E-state index contributed by atoms with van der Waals surface area (Å²) in [6.07, 6.45) is 0. The number of rotatable bonds is 4. The average molecular weight is 222 g/mol. The summed E-state index contributed by atoms with van der Waals surface area (Å²) in [5.41, 5.74) is 0. The van der Waals surface area contributed by atoms with Gasteiger partial charge in [0.05, 0.1) is 0 Å². The second kappa shape index (κ2) is 4.47. The van der Waals surface area contributed by atoms with Gasteiger partial charge in [0.2, 0.25) is 11.1 Å². The maximum atomic E-state index is 12.6. The molecule has 0 fully saturated rings. The van der Waals surface area contributed by atoms with Crippen molar-refractivity contribution in [2.45, 2.75) is 5.25 Å². The molecule has 0 aliphatic carbocycles. The smallest absolute Gasteiger partial charge is 0.378 e. The molecular weight excluding hydrogens is 214 g/mol. The van der Waals surface area contributed by atoms with E-state index in [-0.39, 0.29) is 5.75 Å². The van der Waals surface area contributed by atoms with Gasteiger partial charge < -0.3 is 9.29 Å². The van der Waals surface area contributed by atoms with Crippen LogP contribution in [-0.2, 0) is 11.1 Å². The molecule has 0 bridgehead atoms. The maximum Gasteiger partial charge on any atom is 0.378 e. The number of ether oxygens (including phenoxy) is 1. The summed E-state index contributed by atoms with van der Waals surface area (Å²) >= 11 is -3.21. The summed E-state index contributed by atoms with van der Waals surface area (Å²) in [4.78, 5) is 0.